The minimum Gasteiger partial charge on any atom is -0.378 e. The third kappa shape index (κ3) is 7.89. The number of halogens is 3. The Labute approximate surface area is 192 Å². The lowest BCUT2D eigenvalue weighted by Crippen LogP contribution is -2.41. The maximum Gasteiger partial charge on any atom is 0.416 e. The van der Waals surface area contributed by atoms with Gasteiger partial charge in [-0.3, -0.25) is 14.5 Å². The van der Waals surface area contributed by atoms with Crippen molar-refractivity contribution in [2.45, 2.75) is 44.7 Å². The Morgan fingerprint density at radius 3 is 2.45 bits per heavy atom. The van der Waals surface area contributed by atoms with E-state index in [0.717, 1.165) is 31.4 Å². The van der Waals surface area contributed by atoms with Crippen LogP contribution in [-0.4, -0.2) is 62.7 Å². The van der Waals surface area contributed by atoms with Gasteiger partial charge in [-0.1, -0.05) is 32.1 Å². The molecule has 2 amide bonds. The third-order valence-electron chi connectivity index (χ3n) is 6.27. The molecule has 33 heavy (non-hydrogen) atoms. The molecule has 0 radical (unpaired) electrons. The predicted octanol–water partition coefficient (Wildman–Crippen LogP) is 3.24. The monoisotopic (exact) mass is 470 g/mol. The van der Waals surface area contributed by atoms with Gasteiger partial charge in [0, 0.05) is 13.1 Å². The lowest BCUT2D eigenvalue weighted by atomic mass is 9.87. The van der Waals surface area contributed by atoms with Gasteiger partial charge >= 0.3 is 6.18 Å². The van der Waals surface area contributed by atoms with Gasteiger partial charge in [-0.15, -0.1) is 0 Å². The van der Waals surface area contributed by atoms with E-state index in [1.165, 1.54) is 25.3 Å². The number of hydrogen-bond donors (Lipinski definition) is 2. The summed E-state index contributed by atoms with van der Waals surface area (Å²) in [6.07, 6.45) is 2.26. The van der Waals surface area contributed by atoms with Crippen molar-refractivity contribution >= 4 is 23.2 Å². The molecule has 0 unspecified atom stereocenters. The second kappa shape index (κ2) is 11.7. The Morgan fingerprint density at radius 1 is 1.12 bits per heavy atom. The molecule has 3 rings (SSSR count). The summed E-state index contributed by atoms with van der Waals surface area (Å²) in [5, 5.41) is 2.65. The van der Waals surface area contributed by atoms with Crippen LogP contribution >= 0.6 is 0 Å². The molecule has 1 aliphatic carbocycles. The van der Waals surface area contributed by atoms with E-state index < -0.39 is 23.6 Å². The van der Waals surface area contributed by atoms with E-state index in [-0.39, 0.29) is 18.8 Å². The number of morpholine rings is 1. The molecule has 1 aliphatic heterocycles. The van der Waals surface area contributed by atoms with Crippen LogP contribution < -0.4 is 16.0 Å². The quantitative estimate of drug-likeness (QED) is 0.579. The number of nitrogens with two attached hydrogens (primary N) is 1. The first kappa shape index (κ1) is 25.3. The molecule has 2 aliphatic rings. The molecule has 1 saturated heterocycles. The number of alkyl halides is 3. The van der Waals surface area contributed by atoms with Crippen LogP contribution in [0.3, 0.4) is 0 Å². The minimum absolute atomic E-state index is 0.0704. The molecule has 0 atom stereocenters. The van der Waals surface area contributed by atoms with Gasteiger partial charge in [0.1, 0.15) is 0 Å². The zero-order valence-electron chi connectivity index (χ0n) is 18.8. The van der Waals surface area contributed by atoms with E-state index in [0.29, 0.717) is 44.5 Å². The molecule has 1 aromatic rings. The highest BCUT2D eigenvalue weighted by atomic mass is 19.4. The first-order valence-electron chi connectivity index (χ1n) is 11.6. The van der Waals surface area contributed by atoms with E-state index in [2.05, 4.69) is 5.32 Å². The Hall–Kier alpha value is -2.33. The van der Waals surface area contributed by atoms with Crippen molar-refractivity contribution in [1.29, 1.82) is 0 Å². The zero-order chi connectivity index (χ0) is 23.8. The van der Waals surface area contributed by atoms with E-state index in [1.54, 1.807) is 4.90 Å². The summed E-state index contributed by atoms with van der Waals surface area (Å²) < 4.78 is 45.2. The summed E-state index contributed by atoms with van der Waals surface area (Å²) in [6, 6.07) is 3.36. The number of benzene rings is 1. The van der Waals surface area contributed by atoms with Crippen molar-refractivity contribution in [1.82, 2.24) is 4.90 Å². The molecule has 0 aromatic heterocycles. The number of carbonyl (C=O) groups is 2. The Bertz CT molecular complexity index is 807. The molecule has 1 heterocycles. The van der Waals surface area contributed by atoms with E-state index in [4.69, 9.17) is 10.5 Å². The van der Waals surface area contributed by atoms with Crippen molar-refractivity contribution in [2.75, 3.05) is 56.2 Å². The van der Waals surface area contributed by atoms with Crippen LogP contribution in [-0.2, 0) is 20.5 Å². The number of anilines is 2. The number of carbonyl (C=O) groups excluding carboxylic acids is 2. The molecule has 1 aromatic carbocycles. The highest BCUT2D eigenvalue weighted by molar-refractivity contribution is 5.96. The van der Waals surface area contributed by atoms with Gasteiger partial charge in [0.25, 0.3) is 0 Å². The van der Waals surface area contributed by atoms with Crippen LogP contribution in [0.25, 0.3) is 0 Å². The second-order valence-corrected chi connectivity index (χ2v) is 8.85. The lowest BCUT2D eigenvalue weighted by Gasteiger charge is -2.31. The highest BCUT2D eigenvalue weighted by Crippen LogP contribution is 2.36. The van der Waals surface area contributed by atoms with Crippen molar-refractivity contribution in [3.63, 3.8) is 0 Å². The van der Waals surface area contributed by atoms with Gasteiger partial charge < -0.3 is 20.7 Å². The van der Waals surface area contributed by atoms with E-state index in [1.807, 2.05) is 4.90 Å². The fourth-order valence-electron chi connectivity index (χ4n) is 4.56. The van der Waals surface area contributed by atoms with Crippen molar-refractivity contribution in [2.24, 2.45) is 11.7 Å². The summed E-state index contributed by atoms with van der Waals surface area (Å²) in [4.78, 5) is 27.9. The highest BCUT2D eigenvalue weighted by Gasteiger charge is 2.32. The number of nitrogens with one attached hydrogen (secondary N) is 1. The standard InChI is InChI=1S/C23H33F3N4O3/c24-23(25,26)18-6-7-20(30-10-12-33-13-11-30)19(14-18)28-22(32)16-29(15-21(27)31)9-8-17-4-2-1-3-5-17/h6-7,14,17H,1-5,8-13,15-16H2,(H2,27,31)(H,28,32). The van der Waals surface area contributed by atoms with E-state index in [9.17, 15) is 22.8 Å². The molecule has 184 valence electrons. The topological polar surface area (TPSA) is 87.9 Å². The fraction of sp³-hybridized carbons (Fsp3) is 0.652. The molecule has 7 nitrogen and oxygen atoms in total. The summed E-state index contributed by atoms with van der Waals surface area (Å²) in [5.41, 5.74) is 5.15. The van der Waals surface area contributed by atoms with Crippen LogP contribution in [0.2, 0.25) is 0 Å². The molecule has 0 spiro atoms. The molecular weight excluding hydrogens is 437 g/mol. The average molecular weight is 471 g/mol. The van der Waals surface area contributed by atoms with Crippen LogP contribution in [0.15, 0.2) is 18.2 Å². The van der Waals surface area contributed by atoms with Crippen LogP contribution in [0.1, 0.15) is 44.1 Å². The molecule has 1 saturated carbocycles. The fourth-order valence-corrected chi connectivity index (χ4v) is 4.56. The first-order chi connectivity index (χ1) is 15.7. The Balaban J connectivity index is 1.70. The smallest absolute Gasteiger partial charge is 0.378 e. The number of primary amides is 1. The van der Waals surface area contributed by atoms with Crippen molar-refractivity contribution < 1.29 is 27.5 Å². The van der Waals surface area contributed by atoms with Gasteiger partial charge in [0.2, 0.25) is 11.8 Å². The zero-order valence-corrected chi connectivity index (χ0v) is 18.8. The molecule has 10 heteroatoms. The van der Waals surface area contributed by atoms with Gasteiger partial charge in [-0.25, -0.2) is 0 Å². The largest absolute Gasteiger partial charge is 0.416 e. The Kier molecular flexibility index (Phi) is 8.96. The predicted molar refractivity (Wildman–Crippen MR) is 120 cm³/mol. The van der Waals surface area contributed by atoms with Crippen molar-refractivity contribution in [3.05, 3.63) is 23.8 Å². The Morgan fingerprint density at radius 2 is 1.82 bits per heavy atom. The molecule has 2 fully saturated rings. The number of amides is 2. The second-order valence-electron chi connectivity index (χ2n) is 8.85. The van der Waals surface area contributed by atoms with Gasteiger partial charge in [-0.2, -0.15) is 13.2 Å². The van der Waals surface area contributed by atoms with Gasteiger partial charge in [0.15, 0.2) is 0 Å². The summed E-state index contributed by atoms with van der Waals surface area (Å²) >= 11 is 0. The van der Waals surface area contributed by atoms with Crippen LogP contribution in [0.4, 0.5) is 24.5 Å². The molecule has 0 bridgehead atoms. The number of hydrogen-bond acceptors (Lipinski definition) is 5. The summed E-state index contributed by atoms with van der Waals surface area (Å²) in [6.45, 7) is 2.31. The summed E-state index contributed by atoms with van der Waals surface area (Å²) in [7, 11) is 0. The maximum absolute atomic E-state index is 13.3. The number of rotatable bonds is 9. The number of nitrogens with zero attached hydrogens (tertiary/aromatic N) is 2. The maximum atomic E-state index is 13.3. The minimum atomic E-state index is -4.53. The third-order valence-corrected chi connectivity index (χ3v) is 6.27. The van der Waals surface area contributed by atoms with Gasteiger partial charge in [-0.05, 0) is 37.1 Å². The lowest BCUT2D eigenvalue weighted by molar-refractivity contribution is -0.137. The summed E-state index contributed by atoms with van der Waals surface area (Å²) in [5.74, 6) is -0.457. The normalized spacial score (nSPS) is 17.9. The van der Waals surface area contributed by atoms with Crippen LogP contribution in [0, 0.1) is 5.92 Å². The van der Waals surface area contributed by atoms with Crippen molar-refractivity contribution in [3.8, 4) is 0 Å². The van der Waals surface area contributed by atoms with E-state index >= 15 is 0 Å². The SMILES string of the molecule is NC(=O)CN(CCC1CCCCC1)CC(=O)Nc1cc(C(F)(F)F)ccc1N1CCOCC1. The number of ether oxygens (including phenoxy) is 1. The molecule has 3 N–H and O–H groups in total. The average Bonchev–Trinajstić information content (AvgIpc) is 2.78. The molecular formula is C23H33F3N4O3. The van der Waals surface area contributed by atoms with Crippen LogP contribution in [0.5, 0.6) is 0 Å². The van der Waals surface area contributed by atoms with Gasteiger partial charge in [0.05, 0.1) is 43.2 Å². The first-order valence-corrected chi connectivity index (χ1v) is 11.6.